The van der Waals surface area contributed by atoms with Crippen LogP contribution in [0.4, 0.5) is 5.69 Å². The summed E-state index contributed by atoms with van der Waals surface area (Å²) in [5, 5.41) is 2.87. The molecular formula is C22H28N2O3S. The van der Waals surface area contributed by atoms with Crippen molar-refractivity contribution in [2.45, 2.75) is 37.5 Å². The van der Waals surface area contributed by atoms with Gasteiger partial charge in [-0.2, -0.15) is 0 Å². The average molecular weight is 401 g/mol. The van der Waals surface area contributed by atoms with E-state index in [-0.39, 0.29) is 17.3 Å². The van der Waals surface area contributed by atoms with Gasteiger partial charge in [0, 0.05) is 12.1 Å². The second kappa shape index (κ2) is 10.7. The molecule has 0 atom stereocenters. The Morgan fingerprint density at radius 1 is 1.04 bits per heavy atom. The SMILES string of the molecule is C=CCN(c1ccccc1)S(=O)(=O)c1ccc(C(=O)NCCCCCC)cc1. The minimum atomic E-state index is -3.76. The van der Waals surface area contributed by atoms with Gasteiger partial charge in [-0.15, -0.1) is 6.58 Å². The van der Waals surface area contributed by atoms with Crippen LogP contribution in [0.3, 0.4) is 0 Å². The van der Waals surface area contributed by atoms with E-state index in [0.717, 1.165) is 25.7 Å². The summed E-state index contributed by atoms with van der Waals surface area (Å²) in [4.78, 5) is 12.3. The zero-order valence-electron chi connectivity index (χ0n) is 16.3. The van der Waals surface area contributed by atoms with Gasteiger partial charge in [0.05, 0.1) is 17.1 Å². The molecule has 6 heteroatoms. The first-order valence-corrected chi connectivity index (χ1v) is 11.0. The fourth-order valence-corrected chi connectivity index (χ4v) is 4.25. The molecule has 2 aromatic carbocycles. The summed E-state index contributed by atoms with van der Waals surface area (Å²) < 4.78 is 27.4. The highest BCUT2D eigenvalue weighted by atomic mass is 32.2. The number of hydrogen-bond acceptors (Lipinski definition) is 3. The molecule has 2 rings (SSSR count). The third-order valence-corrected chi connectivity index (χ3v) is 6.17. The van der Waals surface area contributed by atoms with E-state index in [4.69, 9.17) is 0 Å². The van der Waals surface area contributed by atoms with Crippen LogP contribution in [0.25, 0.3) is 0 Å². The molecule has 0 radical (unpaired) electrons. The zero-order chi connectivity index (χ0) is 20.4. The highest BCUT2D eigenvalue weighted by Crippen LogP contribution is 2.23. The number of carbonyl (C=O) groups is 1. The Labute approximate surface area is 168 Å². The van der Waals surface area contributed by atoms with Crippen LogP contribution in [0.1, 0.15) is 43.0 Å². The molecule has 28 heavy (non-hydrogen) atoms. The molecule has 2 aromatic rings. The Morgan fingerprint density at radius 2 is 1.71 bits per heavy atom. The number of unbranched alkanes of at least 4 members (excludes halogenated alkanes) is 3. The van der Waals surface area contributed by atoms with E-state index >= 15 is 0 Å². The van der Waals surface area contributed by atoms with Gasteiger partial charge in [-0.1, -0.05) is 50.5 Å². The van der Waals surface area contributed by atoms with E-state index < -0.39 is 10.0 Å². The minimum absolute atomic E-state index is 0.137. The number of nitrogens with one attached hydrogen (secondary N) is 1. The number of rotatable bonds is 11. The minimum Gasteiger partial charge on any atom is -0.352 e. The van der Waals surface area contributed by atoms with E-state index in [1.54, 1.807) is 42.5 Å². The Balaban J connectivity index is 2.12. The first-order valence-electron chi connectivity index (χ1n) is 9.57. The molecule has 1 amide bonds. The molecule has 0 aliphatic rings. The molecule has 0 saturated heterocycles. The Hall–Kier alpha value is -2.60. The van der Waals surface area contributed by atoms with Gasteiger partial charge in [-0.25, -0.2) is 8.42 Å². The molecule has 0 aliphatic heterocycles. The molecule has 5 nitrogen and oxygen atoms in total. The standard InChI is InChI=1S/C22H28N2O3S/c1-3-5-6-10-17-23-22(25)19-13-15-21(16-14-19)28(26,27)24(18-4-2)20-11-8-7-9-12-20/h4,7-9,11-16H,2-3,5-6,10,17-18H2,1H3,(H,23,25). The van der Waals surface area contributed by atoms with Crippen molar-refractivity contribution in [2.24, 2.45) is 0 Å². The summed E-state index contributed by atoms with van der Waals surface area (Å²) >= 11 is 0. The van der Waals surface area contributed by atoms with Crippen molar-refractivity contribution in [1.82, 2.24) is 5.32 Å². The first-order chi connectivity index (χ1) is 13.5. The summed E-state index contributed by atoms with van der Waals surface area (Å²) in [7, 11) is -3.76. The molecule has 0 bridgehead atoms. The lowest BCUT2D eigenvalue weighted by molar-refractivity contribution is 0.0953. The van der Waals surface area contributed by atoms with Crippen LogP contribution >= 0.6 is 0 Å². The van der Waals surface area contributed by atoms with Crippen LogP contribution in [0.15, 0.2) is 72.1 Å². The molecule has 0 aromatic heterocycles. The monoisotopic (exact) mass is 400 g/mol. The van der Waals surface area contributed by atoms with Gasteiger partial charge in [0.2, 0.25) is 0 Å². The van der Waals surface area contributed by atoms with Gasteiger partial charge >= 0.3 is 0 Å². The maximum atomic E-state index is 13.1. The second-order valence-corrected chi connectivity index (χ2v) is 8.36. The maximum absolute atomic E-state index is 13.1. The van der Waals surface area contributed by atoms with Crippen molar-refractivity contribution in [1.29, 1.82) is 0 Å². The number of carbonyl (C=O) groups excluding carboxylic acids is 1. The van der Waals surface area contributed by atoms with E-state index in [2.05, 4.69) is 18.8 Å². The smallest absolute Gasteiger partial charge is 0.264 e. The highest BCUT2D eigenvalue weighted by Gasteiger charge is 2.24. The maximum Gasteiger partial charge on any atom is 0.264 e. The molecule has 0 unspecified atom stereocenters. The molecule has 1 N–H and O–H groups in total. The third-order valence-electron chi connectivity index (χ3n) is 4.36. The molecule has 0 spiro atoms. The number of sulfonamides is 1. The lowest BCUT2D eigenvalue weighted by atomic mass is 10.2. The summed E-state index contributed by atoms with van der Waals surface area (Å²) in [5.41, 5.74) is 1.01. The van der Waals surface area contributed by atoms with Crippen molar-refractivity contribution >= 4 is 21.6 Å². The summed E-state index contributed by atoms with van der Waals surface area (Å²) in [5.74, 6) is -0.188. The predicted octanol–water partition coefficient (Wildman–Crippen LogP) is 4.38. The van der Waals surface area contributed by atoms with Gasteiger partial charge < -0.3 is 5.32 Å². The second-order valence-electron chi connectivity index (χ2n) is 6.50. The van der Waals surface area contributed by atoms with Gasteiger partial charge in [0.1, 0.15) is 0 Å². The highest BCUT2D eigenvalue weighted by molar-refractivity contribution is 7.92. The van der Waals surface area contributed by atoms with E-state index in [9.17, 15) is 13.2 Å². The van der Waals surface area contributed by atoms with Crippen LogP contribution in [0, 0.1) is 0 Å². The van der Waals surface area contributed by atoms with Crippen molar-refractivity contribution < 1.29 is 13.2 Å². The third kappa shape index (κ3) is 5.70. The van der Waals surface area contributed by atoms with Crippen LogP contribution < -0.4 is 9.62 Å². The molecular weight excluding hydrogens is 372 g/mol. The van der Waals surface area contributed by atoms with E-state index in [0.29, 0.717) is 17.8 Å². The largest absolute Gasteiger partial charge is 0.352 e. The summed E-state index contributed by atoms with van der Waals surface area (Å²) in [6.45, 7) is 6.58. The molecule has 150 valence electrons. The van der Waals surface area contributed by atoms with E-state index in [1.165, 1.54) is 16.4 Å². The molecule has 0 saturated carbocycles. The van der Waals surface area contributed by atoms with Gasteiger partial charge in [0.25, 0.3) is 15.9 Å². The van der Waals surface area contributed by atoms with Crippen LogP contribution in [-0.4, -0.2) is 27.4 Å². The van der Waals surface area contributed by atoms with Crippen molar-refractivity contribution in [3.05, 3.63) is 72.8 Å². The van der Waals surface area contributed by atoms with Crippen LogP contribution in [0.2, 0.25) is 0 Å². The topological polar surface area (TPSA) is 66.5 Å². The average Bonchev–Trinajstić information content (AvgIpc) is 2.72. The first kappa shape index (κ1) is 21.7. The van der Waals surface area contributed by atoms with Gasteiger partial charge in [0.15, 0.2) is 0 Å². The fourth-order valence-electron chi connectivity index (χ4n) is 2.82. The molecule has 0 heterocycles. The number of amides is 1. The summed E-state index contributed by atoms with van der Waals surface area (Å²) in [6.07, 6.45) is 5.89. The number of benzene rings is 2. The van der Waals surface area contributed by atoms with Crippen LogP contribution in [-0.2, 0) is 10.0 Å². The summed E-state index contributed by atoms with van der Waals surface area (Å²) in [6, 6.07) is 14.9. The molecule has 0 fully saturated rings. The predicted molar refractivity (Wildman–Crippen MR) is 114 cm³/mol. The van der Waals surface area contributed by atoms with Gasteiger partial charge in [-0.3, -0.25) is 9.10 Å². The normalized spacial score (nSPS) is 11.0. The quantitative estimate of drug-likeness (QED) is 0.450. The Bertz CT molecular complexity index is 862. The van der Waals surface area contributed by atoms with E-state index in [1.807, 2.05) is 6.07 Å². The number of para-hydroxylation sites is 1. The zero-order valence-corrected chi connectivity index (χ0v) is 17.1. The number of hydrogen-bond donors (Lipinski definition) is 1. The molecule has 0 aliphatic carbocycles. The Kier molecular flexibility index (Phi) is 8.26. The van der Waals surface area contributed by atoms with Crippen molar-refractivity contribution in [3.63, 3.8) is 0 Å². The van der Waals surface area contributed by atoms with Gasteiger partial charge in [-0.05, 0) is 42.8 Å². The Morgan fingerprint density at radius 3 is 2.32 bits per heavy atom. The lowest BCUT2D eigenvalue weighted by Crippen LogP contribution is -2.31. The fraction of sp³-hybridized carbons (Fsp3) is 0.318. The number of anilines is 1. The van der Waals surface area contributed by atoms with Crippen molar-refractivity contribution in [2.75, 3.05) is 17.4 Å². The number of nitrogens with zero attached hydrogens (tertiary/aromatic N) is 1. The lowest BCUT2D eigenvalue weighted by Gasteiger charge is -2.23. The van der Waals surface area contributed by atoms with Crippen molar-refractivity contribution in [3.8, 4) is 0 Å². The van der Waals surface area contributed by atoms with Crippen LogP contribution in [0.5, 0.6) is 0 Å².